The minimum absolute atomic E-state index is 0.0196. The predicted molar refractivity (Wildman–Crippen MR) is 111 cm³/mol. The van der Waals surface area contributed by atoms with Crippen molar-refractivity contribution in [2.45, 2.75) is 37.1 Å². The molecular weight excluding hydrogens is 432 g/mol. The van der Waals surface area contributed by atoms with Gasteiger partial charge in [0.05, 0.1) is 9.60 Å². The van der Waals surface area contributed by atoms with Crippen molar-refractivity contribution in [1.29, 1.82) is 0 Å². The van der Waals surface area contributed by atoms with E-state index in [9.17, 15) is 22.0 Å². The molecule has 1 aliphatic heterocycles. The molecule has 2 aromatic carbocycles. The van der Waals surface area contributed by atoms with Gasteiger partial charge < -0.3 is 0 Å². The number of rotatable bonds is 4. The van der Waals surface area contributed by atoms with Crippen molar-refractivity contribution in [3.8, 4) is 0 Å². The first kappa shape index (κ1) is 20.8. The number of nitrogens with one attached hydrogen (secondary N) is 1. The van der Waals surface area contributed by atoms with Crippen molar-refractivity contribution in [1.82, 2.24) is 9.29 Å². The lowest BCUT2D eigenvalue weighted by Gasteiger charge is -2.32. The van der Waals surface area contributed by atoms with Gasteiger partial charge in [-0.1, -0.05) is 17.8 Å². The fourth-order valence-corrected chi connectivity index (χ4v) is 6.12. The maximum Gasteiger partial charge on any atom is 0.257 e. The molecule has 6 nitrogen and oxygen atoms in total. The second kappa shape index (κ2) is 8.01. The molecule has 30 heavy (non-hydrogen) atoms. The highest BCUT2D eigenvalue weighted by Gasteiger charge is 2.31. The summed E-state index contributed by atoms with van der Waals surface area (Å²) in [6.45, 7) is 2.38. The van der Waals surface area contributed by atoms with Crippen molar-refractivity contribution in [2.24, 2.45) is 0 Å². The van der Waals surface area contributed by atoms with Gasteiger partial charge in [0.2, 0.25) is 10.0 Å². The number of benzene rings is 2. The van der Waals surface area contributed by atoms with Gasteiger partial charge in [0, 0.05) is 24.2 Å². The second-order valence-corrected chi connectivity index (χ2v) is 10.1. The lowest BCUT2D eigenvalue weighted by atomic mass is 10.1. The Hall–Kier alpha value is -2.43. The predicted octanol–water partition coefficient (Wildman–Crippen LogP) is 4.39. The van der Waals surface area contributed by atoms with Gasteiger partial charge in [0.25, 0.3) is 5.91 Å². The number of hydrogen-bond acceptors (Lipinski definition) is 5. The summed E-state index contributed by atoms with van der Waals surface area (Å²) in [6, 6.07) is 7.46. The third-order valence-electron chi connectivity index (χ3n) is 5.10. The molecule has 1 atom stereocenters. The van der Waals surface area contributed by atoms with Crippen LogP contribution in [0.4, 0.5) is 13.9 Å². The third-order valence-corrected chi connectivity index (χ3v) is 8.04. The van der Waals surface area contributed by atoms with Crippen LogP contribution in [0.5, 0.6) is 0 Å². The number of fused-ring (bicyclic) bond motifs is 1. The second-order valence-electron chi connectivity index (χ2n) is 7.19. The number of nitrogens with zero attached hydrogens (tertiary/aromatic N) is 2. The van der Waals surface area contributed by atoms with Gasteiger partial charge in [0.1, 0.15) is 11.3 Å². The van der Waals surface area contributed by atoms with E-state index in [1.807, 2.05) is 6.92 Å². The van der Waals surface area contributed by atoms with Crippen molar-refractivity contribution in [2.75, 3.05) is 11.9 Å². The molecule has 0 bridgehead atoms. The number of sulfonamides is 1. The van der Waals surface area contributed by atoms with Crippen molar-refractivity contribution >= 4 is 42.6 Å². The number of carbonyl (C=O) groups is 1. The van der Waals surface area contributed by atoms with Crippen LogP contribution in [0, 0.1) is 11.6 Å². The summed E-state index contributed by atoms with van der Waals surface area (Å²) in [7, 11) is -3.62. The summed E-state index contributed by atoms with van der Waals surface area (Å²) in [5, 5.41) is 2.67. The van der Waals surface area contributed by atoms with Crippen LogP contribution in [-0.4, -0.2) is 36.2 Å². The Morgan fingerprint density at radius 1 is 1.20 bits per heavy atom. The highest BCUT2D eigenvalue weighted by molar-refractivity contribution is 7.89. The van der Waals surface area contributed by atoms with Crippen LogP contribution in [0.15, 0.2) is 41.3 Å². The van der Waals surface area contributed by atoms with Crippen LogP contribution >= 0.6 is 11.3 Å². The summed E-state index contributed by atoms with van der Waals surface area (Å²) < 4.78 is 54.7. The Bertz CT molecular complexity index is 1210. The zero-order valence-corrected chi connectivity index (χ0v) is 17.7. The number of aromatic nitrogens is 1. The summed E-state index contributed by atoms with van der Waals surface area (Å²) in [5.41, 5.74) is 0.209. The van der Waals surface area contributed by atoms with Crippen LogP contribution in [0.2, 0.25) is 0 Å². The first-order valence-corrected chi connectivity index (χ1v) is 11.7. The van der Waals surface area contributed by atoms with Crippen LogP contribution in [-0.2, 0) is 10.0 Å². The largest absolute Gasteiger partial charge is 0.298 e. The molecule has 4 rings (SSSR count). The topological polar surface area (TPSA) is 79.4 Å². The van der Waals surface area contributed by atoms with Crippen LogP contribution in [0.25, 0.3) is 10.2 Å². The van der Waals surface area contributed by atoms with E-state index in [1.54, 1.807) is 0 Å². The number of hydrogen-bond donors (Lipinski definition) is 1. The van der Waals surface area contributed by atoms with E-state index >= 15 is 0 Å². The molecule has 1 N–H and O–H groups in total. The zero-order valence-electron chi connectivity index (χ0n) is 16.1. The number of carbonyl (C=O) groups excluding carboxylic acids is 1. The number of thiazole rings is 1. The van der Waals surface area contributed by atoms with Gasteiger partial charge in [-0.15, -0.1) is 0 Å². The molecule has 0 saturated carbocycles. The molecule has 10 heteroatoms. The van der Waals surface area contributed by atoms with Crippen molar-refractivity contribution in [3.63, 3.8) is 0 Å². The molecule has 3 aromatic rings. The molecule has 1 fully saturated rings. The highest BCUT2D eigenvalue weighted by atomic mass is 32.2. The molecular formula is C20H19F2N3O3S2. The fraction of sp³-hybridized carbons (Fsp3) is 0.300. The zero-order chi connectivity index (χ0) is 21.5. The van der Waals surface area contributed by atoms with Gasteiger partial charge >= 0.3 is 0 Å². The quantitative estimate of drug-likeness (QED) is 0.638. The summed E-state index contributed by atoms with van der Waals surface area (Å²) in [4.78, 5) is 16.6. The normalized spacial score (nSPS) is 17.9. The van der Waals surface area contributed by atoms with E-state index < -0.39 is 27.6 Å². The molecule has 1 aromatic heterocycles. The Kier molecular flexibility index (Phi) is 5.56. The van der Waals surface area contributed by atoms with E-state index in [-0.39, 0.29) is 31.8 Å². The first-order chi connectivity index (χ1) is 14.3. The number of amides is 1. The molecule has 1 saturated heterocycles. The molecule has 1 amide bonds. The van der Waals surface area contributed by atoms with Crippen molar-refractivity contribution < 1.29 is 22.0 Å². The molecule has 0 aliphatic carbocycles. The number of halogens is 2. The molecule has 0 unspecified atom stereocenters. The van der Waals surface area contributed by atoms with E-state index in [4.69, 9.17) is 0 Å². The number of piperidine rings is 1. The van der Waals surface area contributed by atoms with E-state index in [1.165, 1.54) is 28.6 Å². The fourth-order valence-electron chi connectivity index (χ4n) is 3.52. The smallest absolute Gasteiger partial charge is 0.257 e. The Labute approximate surface area is 176 Å². The van der Waals surface area contributed by atoms with Gasteiger partial charge in [-0.2, -0.15) is 4.31 Å². The molecule has 0 spiro atoms. The average Bonchev–Trinajstić information content (AvgIpc) is 3.11. The van der Waals surface area contributed by atoms with Crippen molar-refractivity contribution in [3.05, 3.63) is 53.6 Å². The summed E-state index contributed by atoms with van der Waals surface area (Å²) in [5.74, 6) is -2.05. The first-order valence-electron chi connectivity index (χ1n) is 9.44. The Balaban J connectivity index is 1.52. The van der Waals surface area contributed by atoms with E-state index in [2.05, 4.69) is 10.3 Å². The molecule has 1 aliphatic rings. The maximum absolute atomic E-state index is 13.8. The SMILES string of the molecule is C[C@@H]1CCCCN1S(=O)(=O)c1ccc(C(=O)Nc2nc3c(F)cc(F)cc3s2)cc1. The molecule has 2 heterocycles. The van der Waals surface area contributed by atoms with Crippen LogP contribution < -0.4 is 5.32 Å². The highest BCUT2D eigenvalue weighted by Crippen LogP contribution is 2.29. The van der Waals surface area contributed by atoms with E-state index in [0.717, 1.165) is 42.7 Å². The standard InChI is InChI=1S/C20H19F2N3O3S2/c1-12-4-2-3-9-25(12)30(27,28)15-7-5-13(6-8-15)19(26)24-20-23-18-16(22)10-14(21)11-17(18)29-20/h5-8,10-12H,2-4,9H2,1H3,(H,23,24,26)/t12-/m1/s1. The summed E-state index contributed by atoms with van der Waals surface area (Å²) >= 11 is 0.949. The minimum Gasteiger partial charge on any atom is -0.298 e. The molecule has 158 valence electrons. The minimum atomic E-state index is -3.62. The summed E-state index contributed by atoms with van der Waals surface area (Å²) in [6.07, 6.45) is 2.66. The van der Waals surface area contributed by atoms with Crippen LogP contribution in [0.1, 0.15) is 36.5 Å². The lowest BCUT2D eigenvalue weighted by Crippen LogP contribution is -2.41. The van der Waals surface area contributed by atoms with Gasteiger partial charge in [-0.05, 0) is 50.1 Å². The van der Waals surface area contributed by atoms with Gasteiger partial charge in [-0.3, -0.25) is 10.1 Å². The third kappa shape index (κ3) is 3.94. The van der Waals surface area contributed by atoms with E-state index in [0.29, 0.717) is 6.54 Å². The monoisotopic (exact) mass is 451 g/mol. The Morgan fingerprint density at radius 2 is 1.93 bits per heavy atom. The average molecular weight is 452 g/mol. The molecule has 0 radical (unpaired) electrons. The maximum atomic E-state index is 13.8. The Morgan fingerprint density at radius 3 is 2.63 bits per heavy atom. The van der Waals surface area contributed by atoms with Gasteiger partial charge in [0.15, 0.2) is 10.9 Å². The van der Waals surface area contributed by atoms with Gasteiger partial charge in [-0.25, -0.2) is 22.2 Å². The lowest BCUT2D eigenvalue weighted by molar-refractivity contribution is 0.102. The number of anilines is 1. The van der Waals surface area contributed by atoms with Crippen LogP contribution in [0.3, 0.4) is 0 Å².